The lowest BCUT2D eigenvalue weighted by Crippen LogP contribution is -2.25. The number of aliphatic hydroxyl groups is 1. The summed E-state index contributed by atoms with van der Waals surface area (Å²) in [6.07, 6.45) is 6.43. The SMILES string of the molecule is CCCCCCCN[C@H](CO)c1ccccc1. The van der Waals surface area contributed by atoms with Crippen LogP contribution in [-0.4, -0.2) is 18.3 Å². The largest absolute Gasteiger partial charge is 0.394 e. The number of rotatable bonds is 9. The van der Waals surface area contributed by atoms with E-state index in [9.17, 15) is 5.11 Å². The number of hydrogen-bond donors (Lipinski definition) is 2. The Balaban J connectivity index is 2.20. The molecule has 96 valence electrons. The first-order valence-corrected chi connectivity index (χ1v) is 6.77. The van der Waals surface area contributed by atoms with Gasteiger partial charge in [0, 0.05) is 0 Å². The van der Waals surface area contributed by atoms with Gasteiger partial charge in [0.05, 0.1) is 12.6 Å². The average molecular weight is 235 g/mol. The summed E-state index contributed by atoms with van der Waals surface area (Å²) in [6.45, 7) is 3.39. The summed E-state index contributed by atoms with van der Waals surface area (Å²) in [5, 5.41) is 12.8. The van der Waals surface area contributed by atoms with Crippen LogP contribution in [0.2, 0.25) is 0 Å². The molecule has 1 atom stereocenters. The molecule has 0 radical (unpaired) electrons. The summed E-state index contributed by atoms with van der Waals surface area (Å²) < 4.78 is 0. The van der Waals surface area contributed by atoms with E-state index in [2.05, 4.69) is 24.4 Å². The summed E-state index contributed by atoms with van der Waals surface area (Å²) in [6, 6.07) is 10.2. The Kier molecular flexibility index (Phi) is 7.69. The van der Waals surface area contributed by atoms with Crippen LogP contribution in [0.1, 0.15) is 50.6 Å². The first-order chi connectivity index (χ1) is 8.38. The van der Waals surface area contributed by atoms with E-state index < -0.39 is 0 Å². The Morgan fingerprint density at radius 2 is 1.76 bits per heavy atom. The Bertz CT molecular complexity index is 274. The van der Waals surface area contributed by atoms with Gasteiger partial charge in [0.15, 0.2) is 0 Å². The maximum Gasteiger partial charge on any atom is 0.0626 e. The van der Waals surface area contributed by atoms with Crippen molar-refractivity contribution in [2.75, 3.05) is 13.2 Å². The van der Waals surface area contributed by atoms with Crippen LogP contribution in [-0.2, 0) is 0 Å². The minimum Gasteiger partial charge on any atom is -0.394 e. The smallest absolute Gasteiger partial charge is 0.0626 e. The molecule has 1 aromatic rings. The van der Waals surface area contributed by atoms with Crippen molar-refractivity contribution < 1.29 is 5.11 Å². The molecule has 2 heteroatoms. The summed E-state index contributed by atoms with van der Waals surface area (Å²) in [7, 11) is 0. The second-order valence-corrected chi connectivity index (χ2v) is 4.51. The van der Waals surface area contributed by atoms with Crippen molar-refractivity contribution in [3.05, 3.63) is 35.9 Å². The predicted molar refractivity (Wildman–Crippen MR) is 73.0 cm³/mol. The fourth-order valence-corrected chi connectivity index (χ4v) is 1.98. The Morgan fingerprint density at radius 1 is 1.06 bits per heavy atom. The van der Waals surface area contributed by atoms with Gasteiger partial charge in [0.2, 0.25) is 0 Å². The zero-order chi connectivity index (χ0) is 12.3. The molecule has 0 aliphatic rings. The van der Waals surface area contributed by atoms with Gasteiger partial charge in [-0.3, -0.25) is 0 Å². The first-order valence-electron chi connectivity index (χ1n) is 6.77. The highest BCUT2D eigenvalue weighted by atomic mass is 16.3. The molecule has 0 fully saturated rings. The normalized spacial score (nSPS) is 12.6. The van der Waals surface area contributed by atoms with Crippen LogP contribution in [0.25, 0.3) is 0 Å². The molecule has 0 saturated heterocycles. The highest BCUT2D eigenvalue weighted by Gasteiger charge is 2.07. The van der Waals surface area contributed by atoms with Crippen LogP contribution in [0.3, 0.4) is 0 Å². The van der Waals surface area contributed by atoms with Gasteiger partial charge in [0.25, 0.3) is 0 Å². The van der Waals surface area contributed by atoms with Crippen molar-refractivity contribution in [2.24, 2.45) is 0 Å². The Morgan fingerprint density at radius 3 is 2.41 bits per heavy atom. The molecule has 17 heavy (non-hydrogen) atoms. The quantitative estimate of drug-likeness (QED) is 0.644. The molecular weight excluding hydrogens is 210 g/mol. The third kappa shape index (κ3) is 5.85. The molecule has 1 rings (SSSR count). The van der Waals surface area contributed by atoms with Crippen molar-refractivity contribution >= 4 is 0 Å². The lowest BCUT2D eigenvalue weighted by atomic mass is 10.1. The molecule has 0 aromatic heterocycles. The Labute approximate surface area is 105 Å². The van der Waals surface area contributed by atoms with E-state index in [1.165, 1.54) is 37.7 Å². The molecule has 0 amide bonds. The topological polar surface area (TPSA) is 32.3 Å². The van der Waals surface area contributed by atoms with E-state index in [1.54, 1.807) is 0 Å². The minimum atomic E-state index is 0.0855. The summed E-state index contributed by atoms with van der Waals surface area (Å²) in [5.74, 6) is 0. The molecule has 0 aliphatic heterocycles. The van der Waals surface area contributed by atoms with Gasteiger partial charge in [-0.15, -0.1) is 0 Å². The Hall–Kier alpha value is -0.860. The molecular formula is C15H25NO. The number of unbranched alkanes of at least 4 members (excludes halogenated alkanes) is 4. The highest BCUT2D eigenvalue weighted by molar-refractivity contribution is 5.18. The molecule has 0 saturated carbocycles. The van der Waals surface area contributed by atoms with Crippen LogP contribution in [0.4, 0.5) is 0 Å². The summed E-state index contributed by atoms with van der Waals surface area (Å²) >= 11 is 0. The van der Waals surface area contributed by atoms with E-state index in [4.69, 9.17) is 0 Å². The standard InChI is InChI=1S/C15H25NO/c1-2-3-4-5-9-12-16-15(13-17)14-10-7-6-8-11-14/h6-8,10-11,15-17H,2-5,9,12-13H2,1H3/t15-/m1/s1. The molecule has 0 aliphatic carbocycles. The number of benzene rings is 1. The molecule has 0 bridgehead atoms. The van der Waals surface area contributed by atoms with E-state index >= 15 is 0 Å². The van der Waals surface area contributed by atoms with Gasteiger partial charge in [0.1, 0.15) is 0 Å². The number of aliphatic hydroxyl groups excluding tert-OH is 1. The zero-order valence-corrected chi connectivity index (χ0v) is 10.9. The van der Waals surface area contributed by atoms with Crippen LogP contribution in [0, 0.1) is 0 Å². The molecule has 0 unspecified atom stereocenters. The number of nitrogens with one attached hydrogen (secondary N) is 1. The van der Waals surface area contributed by atoms with E-state index in [1.807, 2.05) is 18.2 Å². The zero-order valence-electron chi connectivity index (χ0n) is 10.9. The monoisotopic (exact) mass is 235 g/mol. The van der Waals surface area contributed by atoms with Gasteiger partial charge in [-0.25, -0.2) is 0 Å². The fraction of sp³-hybridized carbons (Fsp3) is 0.600. The average Bonchev–Trinajstić information content (AvgIpc) is 2.39. The van der Waals surface area contributed by atoms with E-state index in [0.29, 0.717) is 0 Å². The van der Waals surface area contributed by atoms with Gasteiger partial charge in [-0.05, 0) is 18.5 Å². The van der Waals surface area contributed by atoms with Crippen molar-refractivity contribution in [1.82, 2.24) is 5.32 Å². The van der Waals surface area contributed by atoms with Gasteiger partial charge < -0.3 is 10.4 Å². The molecule has 0 spiro atoms. The maximum absolute atomic E-state index is 9.36. The lowest BCUT2D eigenvalue weighted by molar-refractivity contribution is 0.244. The van der Waals surface area contributed by atoms with Crippen LogP contribution in [0.15, 0.2) is 30.3 Å². The molecule has 0 heterocycles. The first kappa shape index (κ1) is 14.2. The second kappa shape index (κ2) is 9.20. The highest BCUT2D eigenvalue weighted by Crippen LogP contribution is 2.11. The molecule has 1 aromatic carbocycles. The fourth-order valence-electron chi connectivity index (χ4n) is 1.98. The van der Waals surface area contributed by atoms with Crippen molar-refractivity contribution in [1.29, 1.82) is 0 Å². The lowest BCUT2D eigenvalue weighted by Gasteiger charge is -2.16. The van der Waals surface area contributed by atoms with Crippen LogP contribution >= 0.6 is 0 Å². The summed E-state index contributed by atoms with van der Waals surface area (Å²) in [5.41, 5.74) is 1.17. The van der Waals surface area contributed by atoms with E-state index in [-0.39, 0.29) is 12.6 Å². The van der Waals surface area contributed by atoms with Gasteiger partial charge in [-0.1, -0.05) is 62.9 Å². The van der Waals surface area contributed by atoms with Gasteiger partial charge in [-0.2, -0.15) is 0 Å². The summed E-state index contributed by atoms with van der Waals surface area (Å²) in [4.78, 5) is 0. The van der Waals surface area contributed by atoms with Crippen molar-refractivity contribution in [3.8, 4) is 0 Å². The predicted octanol–water partition coefficient (Wildman–Crippen LogP) is 3.28. The molecule has 2 nitrogen and oxygen atoms in total. The van der Waals surface area contributed by atoms with Crippen molar-refractivity contribution in [3.63, 3.8) is 0 Å². The third-order valence-electron chi connectivity index (χ3n) is 3.06. The van der Waals surface area contributed by atoms with Crippen LogP contribution < -0.4 is 5.32 Å². The van der Waals surface area contributed by atoms with Gasteiger partial charge >= 0.3 is 0 Å². The van der Waals surface area contributed by atoms with Crippen molar-refractivity contribution in [2.45, 2.75) is 45.1 Å². The van der Waals surface area contributed by atoms with E-state index in [0.717, 1.165) is 6.54 Å². The third-order valence-corrected chi connectivity index (χ3v) is 3.06. The minimum absolute atomic E-state index is 0.0855. The second-order valence-electron chi connectivity index (χ2n) is 4.51. The molecule has 2 N–H and O–H groups in total. The maximum atomic E-state index is 9.36. The van der Waals surface area contributed by atoms with Crippen LogP contribution in [0.5, 0.6) is 0 Å². The number of hydrogen-bond acceptors (Lipinski definition) is 2.